The predicted molar refractivity (Wildman–Crippen MR) is 67.0 cm³/mol. The van der Waals surface area contributed by atoms with Crippen LogP contribution in [0.15, 0.2) is 21.9 Å². The van der Waals surface area contributed by atoms with Crippen LogP contribution in [0.1, 0.15) is 26.2 Å². The summed E-state index contributed by atoms with van der Waals surface area (Å²) in [6, 6.07) is 3.42. The van der Waals surface area contributed by atoms with Gasteiger partial charge in [0.1, 0.15) is 0 Å². The molecule has 0 radical (unpaired) electrons. The van der Waals surface area contributed by atoms with Crippen molar-refractivity contribution < 1.29 is 0 Å². The van der Waals surface area contributed by atoms with Crippen molar-refractivity contribution in [1.29, 1.82) is 0 Å². The number of rotatable bonds is 4. The smallest absolute Gasteiger partial charge is 0.249 e. The zero-order chi connectivity index (χ0) is 11.4. The third-order valence-electron chi connectivity index (χ3n) is 2.77. The molecule has 2 rings (SSSR count). The Balaban J connectivity index is 2.14. The molecular weight excluding hydrogens is 202 g/mol. The fourth-order valence-corrected chi connectivity index (χ4v) is 1.90. The first kappa shape index (κ1) is 10.9. The molecule has 0 amide bonds. The monoisotopic (exact) mass is 219 g/mol. The minimum Gasteiger partial charge on any atom is -0.363 e. The Morgan fingerprint density at radius 3 is 3.12 bits per heavy atom. The molecule has 0 saturated heterocycles. The molecule has 1 aliphatic heterocycles. The summed E-state index contributed by atoms with van der Waals surface area (Å²) < 4.78 is 0. The second kappa shape index (κ2) is 4.96. The van der Waals surface area contributed by atoms with E-state index in [2.05, 4.69) is 21.8 Å². The molecule has 4 nitrogen and oxygen atoms in total. The number of nitrogens with zero attached hydrogens (tertiary/aromatic N) is 2. The lowest BCUT2D eigenvalue weighted by Crippen LogP contribution is -2.29. The van der Waals surface area contributed by atoms with Crippen LogP contribution >= 0.6 is 0 Å². The maximum absolute atomic E-state index is 11.2. The Labute approximate surface area is 95.0 Å². The zero-order valence-electron chi connectivity index (χ0n) is 9.57. The van der Waals surface area contributed by atoms with E-state index in [0.717, 1.165) is 18.8 Å². The number of pyridine rings is 1. The van der Waals surface area contributed by atoms with Crippen molar-refractivity contribution in [2.75, 3.05) is 18.0 Å². The molecule has 0 fully saturated rings. The first-order chi connectivity index (χ1) is 7.81. The van der Waals surface area contributed by atoms with E-state index in [4.69, 9.17) is 0 Å². The average Bonchev–Trinajstić information content (AvgIpc) is 2.29. The quantitative estimate of drug-likeness (QED) is 0.788. The van der Waals surface area contributed by atoms with Gasteiger partial charge in [0.15, 0.2) is 5.82 Å². The number of aromatic nitrogens is 1. The van der Waals surface area contributed by atoms with Gasteiger partial charge in [0.2, 0.25) is 5.56 Å². The molecule has 0 spiro atoms. The van der Waals surface area contributed by atoms with Crippen LogP contribution in [-0.4, -0.2) is 24.3 Å². The molecule has 0 unspecified atom stereocenters. The molecule has 0 aliphatic carbocycles. The Kier molecular flexibility index (Phi) is 3.39. The Bertz CT molecular complexity index is 436. The van der Waals surface area contributed by atoms with Crippen molar-refractivity contribution >= 4 is 17.7 Å². The molecule has 1 N–H and O–H groups in total. The number of H-pyrrole nitrogens is 1. The maximum atomic E-state index is 11.2. The highest BCUT2D eigenvalue weighted by Gasteiger charge is 2.13. The van der Waals surface area contributed by atoms with Crippen LogP contribution < -0.4 is 10.5 Å². The second-order valence-electron chi connectivity index (χ2n) is 4.02. The van der Waals surface area contributed by atoms with Crippen molar-refractivity contribution in [3.63, 3.8) is 0 Å². The standard InChI is InChI=1S/C12H17N3O/c1-2-3-4-8-15-9-7-13-12-10(15)5-6-11(16)14-12/h5-7H,2-4,8-9H2,1H3,(H,14,16). The summed E-state index contributed by atoms with van der Waals surface area (Å²) in [5.41, 5.74) is 0.949. The number of aromatic amines is 1. The zero-order valence-corrected chi connectivity index (χ0v) is 9.57. The normalized spacial score (nSPS) is 13.9. The molecule has 86 valence electrons. The van der Waals surface area contributed by atoms with Gasteiger partial charge in [-0.3, -0.25) is 4.79 Å². The summed E-state index contributed by atoms with van der Waals surface area (Å²) in [6.07, 6.45) is 5.50. The summed E-state index contributed by atoms with van der Waals surface area (Å²) in [5, 5.41) is 0. The van der Waals surface area contributed by atoms with E-state index in [1.807, 2.05) is 12.3 Å². The van der Waals surface area contributed by atoms with E-state index in [-0.39, 0.29) is 5.56 Å². The number of nitrogens with one attached hydrogen (secondary N) is 1. The summed E-state index contributed by atoms with van der Waals surface area (Å²) >= 11 is 0. The van der Waals surface area contributed by atoms with Gasteiger partial charge < -0.3 is 9.88 Å². The minimum absolute atomic E-state index is 0.0914. The van der Waals surface area contributed by atoms with Crippen molar-refractivity contribution in [3.8, 4) is 0 Å². The molecule has 2 heterocycles. The predicted octanol–water partition coefficient (Wildman–Crippen LogP) is 2.09. The van der Waals surface area contributed by atoms with Gasteiger partial charge in [-0.15, -0.1) is 0 Å². The molecule has 0 aromatic carbocycles. The molecule has 1 aromatic heterocycles. The molecule has 0 bridgehead atoms. The number of hydrogen-bond donors (Lipinski definition) is 1. The van der Waals surface area contributed by atoms with E-state index in [0.29, 0.717) is 5.82 Å². The van der Waals surface area contributed by atoms with Crippen LogP contribution in [0, 0.1) is 0 Å². The van der Waals surface area contributed by atoms with Crippen molar-refractivity contribution in [3.05, 3.63) is 22.5 Å². The van der Waals surface area contributed by atoms with Gasteiger partial charge in [0.25, 0.3) is 0 Å². The highest BCUT2D eigenvalue weighted by molar-refractivity contribution is 5.79. The molecular formula is C12H17N3O. The maximum Gasteiger partial charge on any atom is 0.249 e. The average molecular weight is 219 g/mol. The van der Waals surface area contributed by atoms with E-state index < -0.39 is 0 Å². The second-order valence-corrected chi connectivity index (χ2v) is 4.02. The summed E-state index contributed by atoms with van der Waals surface area (Å²) in [7, 11) is 0. The molecule has 1 aromatic rings. The van der Waals surface area contributed by atoms with Gasteiger partial charge in [0, 0.05) is 18.8 Å². The van der Waals surface area contributed by atoms with E-state index in [1.165, 1.54) is 19.3 Å². The SMILES string of the molecule is CCCCCN1CC=Nc2[nH]c(=O)ccc21. The number of unbranched alkanes of at least 4 members (excludes halogenated alkanes) is 2. The summed E-state index contributed by atoms with van der Waals surface area (Å²) in [5.74, 6) is 0.690. The summed E-state index contributed by atoms with van der Waals surface area (Å²) in [6.45, 7) is 4.06. The van der Waals surface area contributed by atoms with Crippen LogP contribution in [0.3, 0.4) is 0 Å². The van der Waals surface area contributed by atoms with Crippen LogP contribution in [-0.2, 0) is 0 Å². The van der Waals surface area contributed by atoms with Crippen molar-refractivity contribution in [2.45, 2.75) is 26.2 Å². The lowest BCUT2D eigenvalue weighted by atomic mass is 10.2. The Morgan fingerprint density at radius 1 is 1.44 bits per heavy atom. The first-order valence-electron chi connectivity index (χ1n) is 5.82. The molecule has 0 saturated carbocycles. The third-order valence-corrected chi connectivity index (χ3v) is 2.77. The fourth-order valence-electron chi connectivity index (χ4n) is 1.90. The van der Waals surface area contributed by atoms with E-state index in [1.54, 1.807) is 6.07 Å². The largest absolute Gasteiger partial charge is 0.363 e. The molecule has 1 aliphatic rings. The summed E-state index contributed by atoms with van der Waals surface area (Å²) in [4.78, 5) is 20.4. The number of aliphatic imine (C=N–C) groups is 1. The number of anilines is 1. The number of fused-ring (bicyclic) bond motifs is 1. The van der Waals surface area contributed by atoms with Gasteiger partial charge in [-0.2, -0.15) is 0 Å². The van der Waals surface area contributed by atoms with Crippen LogP contribution in [0.4, 0.5) is 11.5 Å². The number of hydrogen-bond acceptors (Lipinski definition) is 3. The lowest BCUT2D eigenvalue weighted by molar-refractivity contribution is 0.696. The Hall–Kier alpha value is -1.58. The van der Waals surface area contributed by atoms with Crippen molar-refractivity contribution in [1.82, 2.24) is 4.98 Å². The van der Waals surface area contributed by atoms with Crippen LogP contribution in [0.5, 0.6) is 0 Å². The van der Waals surface area contributed by atoms with Gasteiger partial charge in [-0.1, -0.05) is 19.8 Å². The topological polar surface area (TPSA) is 48.5 Å². The van der Waals surface area contributed by atoms with E-state index >= 15 is 0 Å². The van der Waals surface area contributed by atoms with Gasteiger partial charge >= 0.3 is 0 Å². The van der Waals surface area contributed by atoms with Crippen molar-refractivity contribution in [2.24, 2.45) is 4.99 Å². The van der Waals surface area contributed by atoms with E-state index in [9.17, 15) is 4.79 Å². The van der Waals surface area contributed by atoms with Gasteiger partial charge in [-0.05, 0) is 12.5 Å². The molecule has 16 heavy (non-hydrogen) atoms. The third kappa shape index (κ3) is 2.32. The van der Waals surface area contributed by atoms with Gasteiger partial charge in [-0.25, -0.2) is 4.99 Å². The fraction of sp³-hybridized carbons (Fsp3) is 0.500. The Morgan fingerprint density at radius 2 is 2.31 bits per heavy atom. The molecule has 4 heteroatoms. The van der Waals surface area contributed by atoms with Crippen LogP contribution in [0.2, 0.25) is 0 Å². The first-order valence-corrected chi connectivity index (χ1v) is 5.82. The highest BCUT2D eigenvalue weighted by atomic mass is 16.1. The lowest BCUT2D eigenvalue weighted by Gasteiger charge is -2.26. The minimum atomic E-state index is -0.0914. The molecule has 0 atom stereocenters. The highest BCUT2D eigenvalue weighted by Crippen LogP contribution is 2.26. The van der Waals surface area contributed by atoms with Gasteiger partial charge in [0.05, 0.1) is 12.2 Å². The van der Waals surface area contributed by atoms with Crippen LogP contribution in [0.25, 0.3) is 0 Å².